The number of halogens is 2. The maximum Gasteiger partial charge on any atom is 0.358 e. The highest BCUT2D eigenvalue weighted by molar-refractivity contribution is 9.10. The number of nitrogens with zero attached hydrogens (tertiary/aromatic N) is 2. The van der Waals surface area contributed by atoms with E-state index in [1.165, 1.54) is 18.5 Å². The van der Waals surface area contributed by atoms with Gasteiger partial charge in [-0.05, 0) is 22.9 Å². The lowest BCUT2D eigenvalue weighted by Crippen LogP contribution is -2.04. The topological polar surface area (TPSA) is 43.6 Å². The van der Waals surface area contributed by atoms with Gasteiger partial charge in [0.2, 0.25) is 0 Å². The molecule has 0 saturated heterocycles. The van der Waals surface area contributed by atoms with Crippen LogP contribution in [-0.4, -0.2) is 22.0 Å². The molecule has 0 radical (unpaired) electrons. The van der Waals surface area contributed by atoms with Gasteiger partial charge < -0.3 is 9.14 Å². The van der Waals surface area contributed by atoms with Gasteiger partial charge in [0.25, 0.3) is 0 Å². The number of hydrogen-bond acceptors (Lipinski definition) is 3. The number of carbonyl (C=O) groups is 1. The molecule has 2 aromatic heterocycles. The molecule has 0 fully saturated rings. The summed E-state index contributed by atoms with van der Waals surface area (Å²) >= 11 is 3.05. The van der Waals surface area contributed by atoms with Gasteiger partial charge in [0.05, 0.1) is 11.1 Å². The summed E-state index contributed by atoms with van der Waals surface area (Å²) in [5.74, 6) is -0.934. The van der Waals surface area contributed by atoms with Gasteiger partial charge >= 0.3 is 5.97 Å². The van der Waals surface area contributed by atoms with Gasteiger partial charge in [0, 0.05) is 18.5 Å². The molecule has 0 N–H and O–H groups in total. The minimum atomic E-state index is -0.511. The largest absolute Gasteiger partial charge is 0.461 e. The van der Waals surface area contributed by atoms with Crippen LogP contribution in [0.4, 0.5) is 4.39 Å². The van der Waals surface area contributed by atoms with Crippen molar-refractivity contribution in [2.24, 2.45) is 0 Å². The zero-order valence-corrected chi connectivity index (χ0v) is 9.99. The van der Waals surface area contributed by atoms with Crippen molar-refractivity contribution in [2.45, 2.75) is 6.92 Å². The average Bonchev–Trinajstić information content (AvgIpc) is 2.62. The van der Waals surface area contributed by atoms with Gasteiger partial charge in [0.15, 0.2) is 5.69 Å². The second-order valence-electron chi connectivity index (χ2n) is 3.08. The third-order valence-electron chi connectivity index (χ3n) is 1.98. The Kier molecular flexibility index (Phi) is 2.91. The summed E-state index contributed by atoms with van der Waals surface area (Å²) in [4.78, 5) is 15.3. The Bertz CT molecular complexity index is 514. The number of esters is 1. The standard InChI is InChI=1S/C10H8BrFN2O2/c1-2-16-10(15)8-5-14-4-6(11)7(12)3-9(14)13-8/h3-5H,2H2,1H3. The monoisotopic (exact) mass is 286 g/mol. The zero-order chi connectivity index (χ0) is 11.7. The highest BCUT2D eigenvalue weighted by atomic mass is 79.9. The number of pyridine rings is 1. The average molecular weight is 287 g/mol. The summed E-state index contributed by atoms with van der Waals surface area (Å²) in [6.07, 6.45) is 3.00. The molecule has 0 atom stereocenters. The molecule has 84 valence electrons. The lowest BCUT2D eigenvalue weighted by Gasteiger charge is -1.95. The van der Waals surface area contributed by atoms with Crippen LogP contribution in [0.15, 0.2) is 22.9 Å². The fourth-order valence-corrected chi connectivity index (χ4v) is 1.62. The Morgan fingerprint density at radius 3 is 3.06 bits per heavy atom. The summed E-state index contributed by atoms with van der Waals surface area (Å²) < 4.78 is 19.9. The molecular weight excluding hydrogens is 279 g/mol. The molecule has 16 heavy (non-hydrogen) atoms. The molecule has 0 saturated carbocycles. The van der Waals surface area contributed by atoms with E-state index in [-0.39, 0.29) is 12.3 Å². The first kappa shape index (κ1) is 11.1. The van der Waals surface area contributed by atoms with Crippen molar-refractivity contribution in [3.05, 3.63) is 34.4 Å². The van der Waals surface area contributed by atoms with E-state index in [0.717, 1.165) is 0 Å². The van der Waals surface area contributed by atoms with Crippen LogP contribution in [0.25, 0.3) is 5.65 Å². The van der Waals surface area contributed by atoms with Crippen molar-refractivity contribution in [3.8, 4) is 0 Å². The van der Waals surface area contributed by atoms with Crippen LogP contribution in [-0.2, 0) is 4.74 Å². The molecule has 0 aliphatic rings. The summed E-state index contributed by atoms with van der Waals surface area (Å²) in [6.45, 7) is 1.99. The second kappa shape index (κ2) is 4.21. The fourth-order valence-electron chi connectivity index (χ4n) is 1.29. The molecule has 0 bridgehead atoms. The van der Waals surface area contributed by atoms with Crippen molar-refractivity contribution in [1.82, 2.24) is 9.38 Å². The number of ether oxygens (including phenoxy) is 1. The van der Waals surface area contributed by atoms with Crippen LogP contribution in [0.3, 0.4) is 0 Å². The summed E-state index contributed by atoms with van der Waals surface area (Å²) in [5.41, 5.74) is 0.531. The van der Waals surface area contributed by atoms with E-state index < -0.39 is 11.8 Å². The first-order valence-corrected chi connectivity index (χ1v) is 5.42. The van der Waals surface area contributed by atoms with Gasteiger partial charge in [-0.2, -0.15) is 0 Å². The van der Waals surface area contributed by atoms with Gasteiger partial charge in [0.1, 0.15) is 11.5 Å². The number of fused-ring (bicyclic) bond motifs is 1. The van der Waals surface area contributed by atoms with Gasteiger partial charge in [-0.1, -0.05) is 0 Å². The number of carbonyl (C=O) groups excluding carboxylic acids is 1. The highest BCUT2D eigenvalue weighted by Gasteiger charge is 2.12. The van der Waals surface area contributed by atoms with E-state index in [2.05, 4.69) is 20.9 Å². The zero-order valence-electron chi connectivity index (χ0n) is 8.41. The first-order valence-electron chi connectivity index (χ1n) is 4.62. The van der Waals surface area contributed by atoms with Gasteiger partial charge in [-0.3, -0.25) is 0 Å². The van der Waals surface area contributed by atoms with E-state index >= 15 is 0 Å². The van der Waals surface area contributed by atoms with Crippen molar-refractivity contribution in [1.29, 1.82) is 0 Å². The minimum absolute atomic E-state index is 0.166. The molecule has 0 aromatic carbocycles. The summed E-state index contributed by atoms with van der Waals surface area (Å²) in [5, 5.41) is 0. The maximum atomic E-state index is 13.2. The Morgan fingerprint density at radius 1 is 1.62 bits per heavy atom. The quantitative estimate of drug-likeness (QED) is 0.797. The van der Waals surface area contributed by atoms with Crippen molar-refractivity contribution >= 4 is 27.5 Å². The number of hydrogen-bond donors (Lipinski definition) is 0. The SMILES string of the molecule is CCOC(=O)c1cn2cc(Br)c(F)cc2n1. The Balaban J connectivity index is 2.48. The fraction of sp³-hybridized carbons (Fsp3) is 0.200. The molecule has 0 aliphatic carbocycles. The van der Waals surface area contributed by atoms with Crippen LogP contribution < -0.4 is 0 Å². The van der Waals surface area contributed by atoms with E-state index in [4.69, 9.17) is 4.74 Å². The lowest BCUT2D eigenvalue weighted by molar-refractivity contribution is 0.0520. The first-order chi connectivity index (χ1) is 7.61. The van der Waals surface area contributed by atoms with E-state index in [9.17, 15) is 9.18 Å². The number of aromatic nitrogens is 2. The third-order valence-corrected chi connectivity index (χ3v) is 2.57. The van der Waals surface area contributed by atoms with Crippen LogP contribution >= 0.6 is 15.9 Å². The van der Waals surface area contributed by atoms with Gasteiger partial charge in [-0.15, -0.1) is 0 Å². The second-order valence-corrected chi connectivity index (χ2v) is 3.94. The molecule has 2 rings (SSSR count). The lowest BCUT2D eigenvalue weighted by atomic mass is 10.4. The predicted octanol–water partition coefficient (Wildman–Crippen LogP) is 2.41. The Morgan fingerprint density at radius 2 is 2.38 bits per heavy atom. The molecule has 2 heterocycles. The predicted molar refractivity (Wildman–Crippen MR) is 58.8 cm³/mol. The molecule has 6 heteroatoms. The van der Waals surface area contributed by atoms with Crippen LogP contribution in [0.5, 0.6) is 0 Å². The highest BCUT2D eigenvalue weighted by Crippen LogP contribution is 2.17. The number of rotatable bonds is 2. The maximum absolute atomic E-state index is 13.2. The van der Waals surface area contributed by atoms with Crippen molar-refractivity contribution < 1.29 is 13.9 Å². The molecule has 0 unspecified atom stereocenters. The molecule has 0 amide bonds. The summed E-state index contributed by atoms with van der Waals surface area (Å²) in [7, 11) is 0. The van der Waals surface area contributed by atoms with Crippen LogP contribution in [0.1, 0.15) is 17.4 Å². The van der Waals surface area contributed by atoms with E-state index in [1.54, 1.807) is 11.3 Å². The molecular formula is C10H8BrFN2O2. The Labute approximate surface area is 99.2 Å². The molecule has 0 spiro atoms. The summed E-state index contributed by atoms with van der Waals surface area (Å²) in [6, 6.07) is 1.24. The molecule has 0 aliphatic heterocycles. The van der Waals surface area contributed by atoms with Crippen molar-refractivity contribution in [2.75, 3.05) is 6.61 Å². The third kappa shape index (κ3) is 1.92. The van der Waals surface area contributed by atoms with E-state index in [1.807, 2.05) is 0 Å². The number of imidazole rings is 1. The molecule has 4 nitrogen and oxygen atoms in total. The smallest absolute Gasteiger partial charge is 0.358 e. The van der Waals surface area contributed by atoms with Crippen molar-refractivity contribution in [3.63, 3.8) is 0 Å². The van der Waals surface area contributed by atoms with E-state index in [0.29, 0.717) is 10.1 Å². The van der Waals surface area contributed by atoms with Crippen LogP contribution in [0.2, 0.25) is 0 Å². The van der Waals surface area contributed by atoms with Crippen LogP contribution in [0, 0.1) is 5.82 Å². The minimum Gasteiger partial charge on any atom is -0.461 e. The Hall–Kier alpha value is -1.43. The molecule has 2 aromatic rings. The van der Waals surface area contributed by atoms with Gasteiger partial charge in [-0.25, -0.2) is 14.2 Å². The normalized spacial score (nSPS) is 10.7.